The number of rotatable bonds is 10. The Morgan fingerprint density at radius 1 is 0.221 bits per heavy atom. The van der Waals surface area contributed by atoms with E-state index in [1.165, 1.54) is 66.3 Å². The Bertz CT molecular complexity index is 3610. The molecule has 0 atom stereocenters. The molecule has 2 heteroatoms. The first-order valence-electron chi connectivity index (χ1n) is 23.3. The van der Waals surface area contributed by atoms with E-state index in [0.29, 0.717) is 0 Å². The molecular formula is C66H46N2. The van der Waals surface area contributed by atoms with E-state index in [9.17, 15) is 0 Å². The van der Waals surface area contributed by atoms with Crippen LogP contribution in [-0.4, -0.2) is 4.57 Å². The molecule has 11 aromatic carbocycles. The van der Waals surface area contributed by atoms with Crippen LogP contribution in [0.5, 0.6) is 0 Å². The van der Waals surface area contributed by atoms with Crippen LogP contribution < -0.4 is 4.90 Å². The lowest BCUT2D eigenvalue weighted by atomic mass is 9.91. The summed E-state index contributed by atoms with van der Waals surface area (Å²) >= 11 is 0. The first kappa shape index (κ1) is 40.5. The second-order valence-corrected chi connectivity index (χ2v) is 17.3. The number of hydrogen-bond donors (Lipinski definition) is 0. The van der Waals surface area contributed by atoms with Gasteiger partial charge in [0.05, 0.1) is 16.7 Å². The number of hydrogen-bond acceptors (Lipinski definition) is 1. The predicted molar refractivity (Wildman–Crippen MR) is 288 cm³/mol. The van der Waals surface area contributed by atoms with Gasteiger partial charge in [0.2, 0.25) is 0 Å². The summed E-state index contributed by atoms with van der Waals surface area (Å²) in [6.07, 6.45) is 0. The molecule has 12 aromatic rings. The lowest BCUT2D eigenvalue weighted by molar-refractivity contribution is 1.18. The number of para-hydroxylation sites is 3. The quantitative estimate of drug-likeness (QED) is 0.133. The summed E-state index contributed by atoms with van der Waals surface area (Å²) in [5, 5.41) is 2.49. The second kappa shape index (κ2) is 17.8. The van der Waals surface area contributed by atoms with Gasteiger partial charge in [0.1, 0.15) is 0 Å². The summed E-state index contributed by atoms with van der Waals surface area (Å²) < 4.78 is 2.44. The molecule has 320 valence electrons. The Kier molecular flexibility index (Phi) is 10.6. The van der Waals surface area contributed by atoms with Crippen LogP contribution in [0.4, 0.5) is 17.1 Å². The van der Waals surface area contributed by atoms with E-state index < -0.39 is 0 Å². The summed E-state index contributed by atoms with van der Waals surface area (Å²) in [6.45, 7) is 0. The third-order valence-corrected chi connectivity index (χ3v) is 13.3. The number of benzene rings is 11. The summed E-state index contributed by atoms with van der Waals surface area (Å²) in [4.78, 5) is 2.39. The van der Waals surface area contributed by atoms with Crippen LogP contribution in [0.25, 0.3) is 94.3 Å². The van der Waals surface area contributed by atoms with Gasteiger partial charge in [-0.1, -0.05) is 224 Å². The van der Waals surface area contributed by atoms with Gasteiger partial charge in [-0.3, -0.25) is 0 Å². The molecule has 1 heterocycles. The fourth-order valence-corrected chi connectivity index (χ4v) is 9.87. The zero-order valence-corrected chi connectivity index (χ0v) is 37.5. The van der Waals surface area contributed by atoms with Crippen molar-refractivity contribution in [2.24, 2.45) is 0 Å². The molecule has 0 unspecified atom stereocenters. The van der Waals surface area contributed by atoms with Crippen LogP contribution in [0.2, 0.25) is 0 Å². The van der Waals surface area contributed by atoms with Crippen molar-refractivity contribution >= 4 is 38.9 Å². The van der Waals surface area contributed by atoms with Gasteiger partial charge in [0.25, 0.3) is 0 Å². The molecule has 0 bridgehead atoms. The third-order valence-electron chi connectivity index (χ3n) is 13.3. The average Bonchev–Trinajstić information content (AvgIpc) is 3.76. The van der Waals surface area contributed by atoms with Gasteiger partial charge < -0.3 is 9.47 Å². The van der Waals surface area contributed by atoms with Crippen molar-refractivity contribution in [2.75, 3.05) is 4.90 Å². The predicted octanol–water partition coefficient (Wildman–Crippen LogP) is 18.3. The molecule has 0 fully saturated rings. The molecule has 12 rings (SSSR count). The van der Waals surface area contributed by atoms with Crippen LogP contribution in [0.3, 0.4) is 0 Å². The Morgan fingerprint density at radius 3 is 1.01 bits per heavy atom. The van der Waals surface area contributed by atoms with Gasteiger partial charge in [-0.25, -0.2) is 0 Å². The lowest BCUT2D eigenvalue weighted by Crippen LogP contribution is -2.10. The molecule has 68 heavy (non-hydrogen) atoms. The van der Waals surface area contributed by atoms with Crippen molar-refractivity contribution < 1.29 is 0 Å². The van der Waals surface area contributed by atoms with Crippen LogP contribution in [0.15, 0.2) is 279 Å². The van der Waals surface area contributed by atoms with E-state index in [4.69, 9.17) is 0 Å². The minimum atomic E-state index is 1.07. The first-order valence-corrected chi connectivity index (χ1v) is 23.3. The normalized spacial score (nSPS) is 11.2. The van der Waals surface area contributed by atoms with E-state index in [-0.39, 0.29) is 0 Å². The topological polar surface area (TPSA) is 8.17 Å². The minimum Gasteiger partial charge on any atom is -0.310 e. The highest BCUT2D eigenvalue weighted by atomic mass is 15.1. The third kappa shape index (κ3) is 7.64. The first-order chi connectivity index (χ1) is 33.7. The number of aromatic nitrogens is 1. The Labute approximate surface area is 397 Å². The second-order valence-electron chi connectivity index (χ2n) is 17.3. The maximum atomic E-state index is 2.44. The van der Waals surface area contributed by atoms with Crippen molar-refractivity contribution in [3.8, 4) is 72.4 Å². The molecule has 0 N–H and O–H groups in total. The van der Waals surface area contributed by atoms with Gasteiger partial charge >= 0.3 is 0 Å². The molecular weight excluding hydrogens is 821 g/mol. The number of anilines is 3. The van der Waals surface area contributed by atoms with Gasteiger partial charge in [-0.15, -0.1) is 0 Å². The average molecular weight is 867 g/mol. The Balaban J connectivity index is 1.02. The fraction of sp³-hybridized carbons (Fsp3) is 0. The summed E-state index contributed by atoms with van der Waals surface area (Å²) in [6, 6.07) is 101. The van der Waals surface area contributed by atoms with Gasteiger partial charge in [-0.05, 0) is 116 Å². The molecule has 0 radical (unpaired) electrons. The van der Waals surface area contributed by atoms with Crippen molar-refractivity contribution in [1.29, 1.82) is 0 Å². The largest absolute Gasteiger partial charge is 0.310 e. The molecule has 0 aliphatic heterocycles. The monoisotopic (exact) mass is 866 g/mol. The van der Waals surface area contributed by atoms with E-state index in [2.05, 4.69) is 289 Å². The van der Waals surface area contributed by atoms with Gasteiger partial charge in [-0.2, -0.15) is 0 Å². The Hall–Kier alpha value is -8.98. The molecule has 0 spiro atoms. The number of fused-ring (bicyclic) bond motifs is 3. The Morgan fingerprint density at radius 2 is 0.559 bits per heavy atom. The van der Waals surface area contributed by atoms with E-state index in [1.54, 1.807) is 0 Å². The van der Waals surface area contributed by atoms with Gasteiger partial charge in [0, 0.05) is 33.4 Å². The van der Waals surface area contributed by atoms with Gasteiger partial charge in [0.15, 0.2) is 0 Å². The van der Waals surface area contributed by atoms with E-state index in [0.717, 1.165) is 45.0 Å². The zero-order valence-electron chi connectivity index (χ0n) is 37.5. The smallest absolute Gasteiger partial charge is 0.0541 e. The van der Waals surface area contributed by atoms with Crippen LogP contribution in [0.1, 0.15) is 0 Å². The SMILES string of the molecule is c1ccc(-c2ccc(-c3ccc(N(c4ccc(-c5ccccc5)cc4)c4ccc(-c5ccccc5-n5c6ccccc6c6ccccc65)c(-c5ccc(-c6ccccc6)cc5)c4)cc3)cc2)cc1. The molecule has 1 aromatic heterocycles. The van der Waals surface area contributed by atoms with Crippen molar-refractivity contribution in [3.63, 3.8) is 0 Å². The molecule has 0 amide bonds. The highest BCUT2D eigenvalue weighted by Gasteiger charge is 2.21. The van der Waals surface area contributed by atoms with Crippen molar-refractivity contribution in [2.45, 2.75) is 0 Å². The maximum Gasteiger partial charge on any atom is 0.0541 e. The molecule has 0 saturated carbocycles. The maximum absolute atomic E-state index is 2.44. The van der Waals surface area contributed by atoms with Crippen molar-refractivity contribution in [3.05, 3.63) is 279 Å². The fourth-order valence-electron chi connectivity index (χ4n) is 9.87. The highest BCUT2D eigenvalue weighted by molar-refractivity contribution is 6.10. The van der Waals surface area contributed by atoms with Crippen LogP contribution >= 0.6 is 0 Å². The molecule has 0 saturated heterocycles. The molecule has 0 aliphatic carbocycles. The van der Waals surface area contributed by atoms with Crippen LogP contribution in [-0.2, 0) is 0 Å². The zero-order chi connectivity index (χ0) is 45.2. The lowest BCUT2D eigenvalue weighted by Gasteiger charge is -2.27. The van der Waals surface area contributed by atoms with Crippen molar-refractivity contribution in [1.82, 2.24) is 4.57 Å². The summed E-state index contributed by atoms with van der Waals surface area (Å²) in [5.41, 5.74) is 20.9. The molecule has 2 nitrogen and oxygen atoms in total. The van der Waals surface area contributed by atoms with E-state index in [1.807, 2.05) is 0 Å². The number of nitrogens with zero attached hydrogens (tertiary/aromatic N) is 2. The van der Waals surface area contributed by atoms with Crippen LogP contribution in [0, 0.1) is 0 Å². The standard InChI is InChI=1S/C66H46N2/c1-4-16-47(17-5-1)50-28-30-52(31-29-50)54-38-42-57(43-39-54)67(56-40-36-53(37-41-56)49-20-8-3-9-21-49)58-44-45-59(63(46-58)55-34-32-51(33-35-55)48-18-6-2-7-19-48)60-22-10-13-25-64(60)68-65-26-14-11-23-61(65)62-24-12-15-27-66(62)68/h1-46H. The van der Waals surface area contributed by atoms with E-state index >= 15 is 0 Å². The summed E-state index contributed by atoms with van der Waals surface area (Å²) in [7, 11) is 0. The highest BCUT2D eigenvalue weighted by Crippen LogP contribution is 2.44. The summed E-state index contributed by atoms with van der Waals surface area (Å²) in [5.74, 6) is 0. The molecule has 0 aliphatic rings. The minimum absolute atomic E-state index is 1.07.